The number of hydrogen-bond donors (Lipinski definition) is 1. The number of hydrogen-bond acceptors (Lipinski definition) is 7. The molecule has 2 aliphatic rings. The van der Waals surface area contributed by atoms with Crippen molar-refractivity contribution in [2.75, 3.05) is 58.3 Å². The van der Waals surface area contributed by atoms with Crippen LogP contribution in [0.15, 0.2) is 54.5 Å². The molecular weight excluding hydrogens is 512 g/mol. The van der Waals surface area contributed by atoms with Crippen LogP contribution in [0.25, 0.3) is 0 Å². The molecule has 4 rings (SSSR count). The fraction of sp³-hybridized carbons (Fsp3) is 0.385. The monoisotopic (exact) mass is 544 g/mol. The van der Waals surface area contributed by atoms with Crippen LogP contribution in [0, 0.1) is 0 Å². The van der Waals surface area contributed by atoms with Crippen molar-refractivity contribution in [2.24, 2.45) is 0 Å². The van der Waals surface area contributed by atoms with Crippen molar-refractivity contribution >= 4 is 38.2 Å². The van der Waals surface area contributed by atoms with Gasteiger partial charge in [-0.2, -0.15) is 4.31 Å². The molecule has 1 aromatic heterocycles. The third kappa shape index (κ3) is 5.86. The number of anilines is 1. The first-order chi connectivity index (χ1) is 17.8. The van der Waals surface area contributed by atoms with Crippen LogP contribution >= 0.6 is 11.3 Å². The predicted molar refractivity (Wildman–Crippen MR) is 145 cm³/mol. The van der Waals surface area contributed by atoms with Crippen LogP contribution in [0.1, 0.15) is 31.2 Å². The molecule has 0 bridgehead atoms. The minimum atomic E-state index is -3.77. The number of fused-ring (bicyclic) bond motifs is 1. The van der Waals surface area contributed by atoms with Crippen LogP contribution < -0.4 is 5.32 Å². The van der Waals surface area contributed by atoms with Crippen molar-refractivity contribution < 1.29 is 22.7 Å². The maximum absolute atomic E-state index is 13.5. The van der Waals surface area contributed by atoms with E-state index in [4.69, 9.17) is 4.74 Å². The zero-order chi connectivity index (χ0) is 26.6. The maximum atomic E-state index is 13.5. The Morgan fingerprint density at radius 3 is 2.38 bits per heavy atom. The van der Waals surface area contributed by atoms with Crippen LogP contribution in [0.2, 0.25) is 0 Å². The van der Waals surface area contributed by atoms with Gasteiger partial charge in [0.2, 0.25) is 10.0 Å². The molecule has 37 heavy (non-hydrogen) atoms. The summed E-state index contributed by atoms with van der Waals surface area (Å²) in [4.78, 5) is 31.8. The number of rotatable bonds is 9. The number of carbonyl (C=O) groups is 2. The topological polar surface area (TPSA) is 99.3 Å². The van der Waals surface area contributed by atoms with Gasteiger partial charge in [0, 0.05) is 49.7 Å². The summed E-state index contributed by atoms with van der Waals surface area (Å²) in [6.07, 6.45) is 3.76. The summed E-state index contributed by atoms with van der Waals surface area (Å²) in [6.45, 7) is 11.1. The lowest BCUT2D eigenvalue weighted by molar-refractivity contribution is 0.0303. The molecule has 0 unspecified atom stereocenters. The standard InChI is InChI=1S/C26H32N4O5S2/c1-4-11-30(12-5-2)37(33,34)20-8-6-19(7-9-20)24(31)27-25-23(26(32)29-14-16-35-17-15-29)21-10-13-28(3)18-22(21)36-25/h4-9H,1-2,10-18H2,3H3,(H,27,31). The summed E-state index contributed by atoms with van der Waals surface area (Å²) >= 11 is 1.43. The molecule has 198 valence electrons. The SMILES string of the molecule is C=CCN(CC=C)S(=O)(=O)c1ccc(C(=O)Nc2sc3c(c2C(=O)N2CCOCC2)CCN(C)C3)cc1. The number of carbonyl (C=O) groups excluding carboxylic acids is 2. The lowest BCUT2D eigenvalue weighted by Gasteiger charge is -2.28. The lowest BCUT2D eigenvalue weighted by atomic mass is 10.0. The van der Waals surface area contributed by atoms with E-state index in [0.29, 0.717) is 42.4 Å². The second-order valence-corrected chi connectivity index (χ2v) is 12.0. The van der Waals surface area contributed by atoms with Gasteiger partial charge in [0.05, 0.1) is 23.7 Å². The van der Waals surface area contributed by atoms with E-state index in [1.807, 2.05) is 7.05 Å². The van der Waals surface area contributed by atoms with E-state index in [1.54, 1.807) is 4.90 Å². The molecule has 11 heteroatoms. The third-order valence-electron chi connectivity index (χ3n) is 6.41. The second kappa shape index (κ2) is 11.7. The van der Waals surface area contributed by atoms with Gasteiger partial charge >= 0.3 is 0 Å². The molecule has 3 heterocycles. The van der Waals surface area contributed by atoms with Crippen LogP contribution in [-0.2, 0) is 27.7 Å². The number of likely N-dealkylation sites (N-methyl/N-ethyl adjacent to an activating group) is 1. The predicted octanol–water partition coefficient (Wildman–Crippen LogP) is 2.82. The number of ether oxygens (including phenoxy) is 1. The van der Waals surface area contributed by atoms with E-state index in [9.17, 15) is 18.0 Å². The molecule has 1 saturated heterocycles. The van der Waals surface area contributed by atoms with Crippen molar-refractivity contribution in [1.82, 2.24) is 14.1 Å². The van der Waals surface area contributed by atoms with E-state index >= 15 is 0 Å². The molecule has 1 aromatic carbocycles. The van der Waals surface area contributed by atoms with Gasteiger partial charge in [0.15, 0.2) is 0 Å². The van der Waals surface area contributed by atoms with Crippen molar-refractivity contribution in [3.05, 3.63) is 71.1 Å². The normalized spacial score (nSPS) is 16.3. The summed E-state index contributed by atoms with van der Waals surface area (Å²) in [5.41, 5.74) is 1.86. The number of nitrogens with zero attached hydrogens (tertiary/aromatic N) is 3. The van der Waals surface area contributed by atoms with Gasteiger partial charge in [-0.1, -0.05) is 12.2 Å². The Balaban J connectivity index is 1.59. The molecule has 0 saturated carbocycles. The highest BCUT2D eigenvalue weighted by molar-refractivity contribution is 7.89. The highest BCUT2D eigenvalue weighted by Gasteiger charge is 2.31. The molecular formula is C26H32N4O5S2. The Kier molecular flexibility index (Phi) is 8.60. The molecule has 0 radical (unpaired) electrons. The fourth-order valence-corrected chi connectivity index (χ4v) is 7.13. The highest BCUT2D eigenvalue weighted by atomic mass is 32.2. The minimum Gasteiger partial charge on any atom is -0.378 e. The Bertz CT molecular complexity index is 1270. The fourth-order valence-electron chi connectivity index (χ4n) is 4.43. The number of nitrogens with one attached hydrogen (secondary N) is 1. The first kappa shape index (κ1) is 27.2. The van der Waals surface area contributed by atoms with E-state index in [1.165, 1.54) is 52.1 Å². The number of sulfonamides is 1. The number of benzene rings is 1. The van der Waals surface area contributed by atoms with Gasteiger partial charge in [-0.15, -0.1) is 24.5 Å². The molecule has 2 amide bonds. The van der Waals surface area contributed by atoms with Crippen molar-refractivity contribution in [3.63, 3.8) is 0 Å². The maximum Gasteiger partial charge on any atom is 0.257 e. The Hall–Kier alpha value is -2.83. The van der Waals surface area contributed by atoms with Crippen LogP contribution in [0.5, 0.6) is 0 Å². The van der Waals surface area contributed by atoms with Crippen molar-refractivity contribution in [2.45, 2.75) is 17.9 Å². The Labute approximate surface area is 222 Å². The first-order valence-corrected chi connectivity index (χ1v) is 14.4. The molecule has 0 atom stereocenters. The summed E-state index contributed by atoms with van der Waals surface area (Å²) in [6, 6.07) is 5.79. The average Bonchev–Trinajstić information content (AvgIpc) is 3.25. The van der Waals surface area contributed by atoms with E-state index in [0.717, 1.165) is 30.0 Å². The zero-order valence-corrected chi connectivity index (χ0v) is 22.6. The summed E-state index contributed by atoms with van der Waals surface area (Å²) in [5.74, 6) is -0.493. The summed E-state index contributed by atoms with van der Waals surface area (Å²) in [5, 5.41) is 3.47. The van der Waals surface area contributed by atoms with E-state index < -0.39 is 15.9 Å². The van der Waals surface area contributed by atoms with Crippen molar-refractivity contribution in [1.29, 1.82) is 0 Å². The molecule has 2 aromatic rings. The van der Waals surface area contributed by atoms with Gasteiger partial charge in [-0.3, -0.25) is 9.59 Å². The zero-order valence-electron chi connectivity index (χ0n) is 20.9. The summed E-state index contributed by atoms with van der Waals surface area (Å²) < 4.78 is 32.6. The van der Waals surface area contributed by atoms with E-state index in [-0.39, 0.29) is 23.9 Å². The van der Waals surface area contributed by atoms with Gasteiger partial charge < -0.3 is 19.9 Å². The number of morpholine rings is 1. The minimum absolute atomic E-state index is 0.0746. The first-order valence-electron chi connectivity index (χ1n) is 12.1. The molecule has 2 aliphatic heterocycles. The number of amides is 2. The highest BCUT2D eigenvalue weighted by Crippen LogP contribution is 2.38. The summed E-state index contributed by atoms with van der Waals surface area (Å²) in [7, 11) is -1.74. The largest absolute Gasteiger partial charge is 0.378 e. The van der Waals surface area contributed by atoms with Crippen molar-refractivity contribution in [3.8, 4) is 0 Å². The van der Waals surface area contributed by atoms with Crippen LogP contribution in [0.4, 0.5) is 5.00 Å². The Morgan fingerprint density at radius 1 is 1.11 bits per heavy atom. The van der Waals surface area contributed by atoms with E-state index in [2.05, 4.69) is 23.4 Å². The smallest absolute Gasteiger partial charge is 0.257 e. The molecule has 1 fully saturated rings. The molecule has 0 spiro atoms. The Morgan fingerprint density at radius 2 is 1.76 bits per heavy atom. The average molecular weight is 545 g/mol. The third-order valence-corrected chi connectivity index (χ3v) is 9.38. The molecule has 1 N–H and O–H groups in total. The van der Waals surface area contributed by atoms with Crippen LogP contribution in [-0.4, -0.2) is 87.3 Å². The van der Waals surface area contributed by atoms with Gasteiger partial charge in [0.25, 0.3) is 11.8 Å². The van der Waals surface area contributed by atoms with Crippen LogP contribution in [0.3, 0.4) is 0 Å². The molecule has 0 aliphatic carbocycles. The second-order valence-electron chi connectivity index (χ2n) is 8.98. The number of thiophene rings is 1. The molecule has 9 nitrogen and oxygen atoms in total. The van der Waals surface area contributed by atoms with Gasteiger partial charge in [0.1, 0.15) is 5.00 Å². The van der Waals surface area contributed by atoms with Gasteiger partial charge in [-0.25, -0.2) is 8.42 Å². The quantitative estimate of drug-likeness (QED) is 0.488. The van der Waals surface area contributed by atoms with Gasteiger partial charge in [-0.05, 0) is 43.3 Å². The lowest BCUT2D eigenvalue weighted by Crippen LogP contribution is -2.41.